The number of hydrogen-bond acceptors (Lipinski definition) is 6. The molecule has 0 bridgehead atoms. The Bertz CT molecular complexity index is 1400. The van der Waals surface area contributed by atoms with Gasteiger partial charge in [-0.2, -0.15) is 0 Å². The molecule has 8 heteroatoms. The molecule has 4 aromatic rings. The van der Waals surface area contributed by atoms with Crippen molar-refractivity contribution in [3.63, 3.8) is 0 Å². The molecule has 0 saturated heterocycles. The Hall–Kier alpha value is -4.20. The summed E-state index contributed by atoms with van der Waals surface area (Å²) in [6, 6.07) is 18.4. The van der Waals surface area contributed by atoms with E-state index in [2.05, 4.69) is 39.9 Å². The molecule has 8 nitrogen and oxygen atoms in total. The highest BCUT2D eigenvalue weighted by Gasteiger charge is 2.28. The third-order valence-electron chi connectivity index (χ3n) is 5.61. The first kappa shape index (κ1) is 24.9. The lowest BCUT2D eigenvalue weighted by Gasteiger charge is -2.34. The van der Waals surface area contributed by atoms with Crippen LogP contribution in [0.15, 0.2) is 72.9 Å². The molecule has 2 heterocycles. The number of imidazole rings is 1. The number of nitrogens with zero attached hydrogens (tertiary/aromatic N) is 3. The fourth-order valence-corrected chi connectivity index (χ4v) is 4.57. The number of hydrogen-bond donors (Lipinski definition) is 1. The van der Waals surface area contributed by atoms with Gasteiger partial charge in [0, 0.05) is 29.4 Å². The van der Waals surface area contributed by atoms with Gasteiger partial charge in [0.15, 0.2) is 0 Å². The Morgan fingerprint density at radius 1 is 1.00 bits per heavy atom. The topological polar surface area (TPSA) is 98.8 Å². The van der Waals surface area contributed by atoms with E-state index >= 15 is 0 Å². The van der Waals surface area contributed by atoms with E-state index in [0.29, 0.717) is 5.75 Å². The zero-order valence-electron chi connectivity index (χ0n) is 21.1. The molecule has 0 aliphatic carbocycles. The number of fused-ring (bicyclic) bond motifs is 1. The van der Waals surface area contributed by atoms with Crippen LogP contribution in [0.3, 0.4) is 0 Å². The Morgan fingerprint density at radius 2 is 1.67 bits per heavy atom. The van der Waals surface area contributed by atoms with Gasteiger partial charge in [-0.05, 0) is 74.2 Å². The molecule has 0 saturated carbocycles. The lowest BCUT2D eigenvalue weighted by atomic mass is 9.82. The standard InChI is InChI=1S/C28H30N4O4/c1-27(2,3)18-28(4,5)30-25-24(29-23-8-6-7-17-31(23)25)19-11-15-22(16-12-19)36-26(33)20-9-13-21(14-10-20)32(34)35/h6-17,30H,18H2,1-5H3. The van der Waals surface area contributed by atoms with Crippen molar-refractivity contribution in [3.8, 4) is 17.0 Å². The number of nitro benzene ring substituents is 1. The third-order valence-corrected chi connectivity index (χ3v) is 5.61. The molecule has 0 aliphatic rings. The Kier molecular flexibility index (Phi) is 6.54. The molecule has 2 aromatic carbocycles. The fraction of sp³-hybridized carbons (Fsp3) is 0.286. The van der Waals surface area contributed by atoms with Crippen molar-refractivity contribution in [3.05, 3.63) is 88.6 Å². The zero-order valence-corrected chi connectivity index (χ0v) is 21.1. The first-order valence-corrected chi connectivity index (χ1v) is 11.7. The van der Waals surface area contributed by atoms with E-state index in [9.17, 15) is 14.9 Å². The van der Waals surface area contributed by atoms with Gasteiger partial charge >= 0.3 is 5.97 Å². The SMILES string of the molecule is CC(C)(C)CC(C)(C)Nc1c(-c2ccc(OC(=O)c3ccc([N+](=O)[O-])cc3)cc2)nc2ccccn12. The van der Waals surface area contributed by atoms with E-state index < -0.39 is 10.9 Å². The monoisotopic (exact) mass is 486 g/mol. The molecular weight excluding hydrogens is 456 g/mol. The average Bonchev–Trinajstić information content (AvgIpc) is 3.15. The summed E-state index contributed by atoms with van der Waals surface area (Å²) < 4.78 is 7.51. The number of esters is 1. The molecule has 0 radical (unpaired) electrons. The van der Waals surface area contributed by atoms with Crippen LogP contribution in [-0.4, -0.2) is 25.8 Å². The maximum Gasteiger partial charge on any atom is 0.343 e. The van der Waals surface area contributed by atoms with Crippen molar-refractivity contribution >= 4 is 23.1 Å². The normalized spacial score (nSPS) is 11.9. The van der Waals surface area contributed by atoms with Crippen molar-refractivity contribution in [1.29, 1.82) is 0 Å². The van der Waals surface area contributed by atoms with Crippen molar-refractivity contribution in [2.45, 2.75) is 46.6 Å². The molecule has 4 rings (SSSR count). The smallest absolute Gasteiger partial charge is 0.343 e. The minimum absolute atomic E-state index is 0.0848. The van der Waals surface area contributed by atoms with Crippen LogP contribution >= 0.6 is 0 Å². The van der Waals surface area contributed by atoms with Gasteiger partial charge in [-0.15, -0.1) is 0 Å². The van der Waals surface area contributed by atoms with E-state index in [4.69, 9.17) is 9.72 Å². The second kappa shape index (κ2) is 9.45. The minimum Gasteiger partial charge on any atom is -0.423 e. The molecular formula is C28H30N4O4. The molecule has 0 fully saturated rings. The van der Waals surface area contributed by atoms with Crippen molar-refractivity contribution in [1.82, 2.24) is 9.38 Å². The van der Waals surface area contributed by atoms with Gasteiger partial charge in [0.2, 0.25) is 0 Å². The number of benzene rings is 2. The van der Waals surface area contributed by atoms with Crippen LogP contribution in [0.4, 0.5) is 11.5 Å². The van der Waals surface area contributed by atoms with Gasteiger partial charge in [-0.1, -0.05) is 26.8 Å². The molecule has 36 heavy (non-hydrogen) atoms. The van der Waals surface area contributed by atoms with Gasteiger partial charge in [-0.3, -0.25) is 14.5 Å². The molecule has 2 aromatic heterocycles. The number of non-ortho nitro benzene ring substituents is 1. The fourth-order valence-electron chi connectivity index (χ4n) is 4.57. The average molecular weight is 487 g/mol. The van der Waals surface area contributed by atoms with Crippen LogP contribution in [0.2, 0.25) is 0 Å². The van der Waals surface area contributed by atoms with Crippen LogP contribution in [0.5, 0.6) is 5.75 Å². The number of anilines is 1. The summed E-state index contributed by atoms with van der Waals surface area (Å²) >= 11 is 0. The summed E-state index contributed by atoms with van der Waals surface area (Å²) in [5, 5.41) is 14.5. The van der Waals surface area contributed by atoms with Crippen LogP contribution in [0, 0.1) is 15.5 Å². The van der Waals surface area contributed by atoms with Gasteiger partial charge in [0.05, 0.1) is 10.5 Å². The maximum absolute atomic E-state index is 12.5. The lowest BCUT2D eigenvalue weighted by molar-refractivity contribution is -0.384. The molecule has 1 N–H and O–H groups in total. The number of ether oxygens (including phenoxy) is 1. The Labute approximate surface area is 210 Å². The van der Waals surface area contributed by atoms with Crippen LogP contribution < -0.4 is 10.1 Å². The van der Waals surface area contributed by atoms with Gasteiger partial charge in [0.25, 0.3) is 5.69 Å². The second-order valence-corrected chi connectivity index (χ2v) is 10.7. The zero-order chi connectivity index (χ0) is 26.1. The molecule has 186 valence electrons. The van der Waals surface area contributed by atoms with E-state index in [1.807, 2.05) is 40.9 Å². The Balaban J connectivity index is 1.59. The summed E-state index contributed by atoms with van der Waals surface area (Å²) in [6.45, 7) is 11.0. The summed E-state index contributed by atoms with van der Waals surface area (Å²) in [4.78, 5) is 27.6. The molecule has 0 unspecified atom stereocenters. The number of carbonyl (C=O) groups excluding carboxylic acids is 1. The van der Waals surface area contributed by atoms with E-state index in [1.165, 1.54) is 24.3 Å². The van der Waals surface area contributed by atoms with E-state index in [-0.39, 0.29) is 22.2 Å². The number of pyridine rings is 1. The number of rotatable bonds is 7. The molecule has 0 aliphatic heterocycles. The lowest BCUT2D eigenvalue weighted by Crippen LogP contribution is -2.36. The van der Waals surface area contributed by atoms with Crippen molar-refractivity contribution < 1.29 is 14.5 Å². The van der Waals surface area contributed by atoms with Crippen LogP contribution in [0.1, 0.15) is 51.4 Å². The Morgan fingerprint density at radius 3 is 2.28 bits per heavy atom. The maximum atomic E-state index is 12.5. The third kappa shape index (κ3) is 5.71. The summed E-state index contributed by atoms with van der Waals surface area (Å²) in [7, 11) is 0. The number of nitro groups is 1. The van der Waals surface area contributed by atoms with Gasteiger partial charge in [0.1, 0.15) is 22.9 Å². The number of carbonyl (C=O) groups is 1. The van der Waals surface area contributed by atoms with Crippen molar-refractivity contribution in [2.75, 3.05) is 5.32 Å². The molecule has 0 amide bonds. The largest absolute Gasteiger partial charge is 0.423 e. The highest BCUT2D eigenvalue weighted by molar-refractivity contribution is 5.91. The summed E-state index contributed by atoms with van der Waals surface area (Å²) in [5.41, 5.74) is 2.62. The first-order valence-electron chi connectivity index (χ1n) is 11.7. The molecule has 0 spiro atoms. The van der Waals surface area contributed by atoms with E-state index in [1.54, 1.807) is 12.1 Å². The van der Waals surface area contributed by atoms with Crippen LogP contribution in [0.25, 0.3) is 16.9 Å². The predicted molar refractivity (Wildman–Crippen MR) is 140 cm³/mol. The number of nitrogens with one attached hydrogen (secondary N) is 1. The number of aromatic nitrogens is 2. The minimum atomic E-state index is -0.586. The summed E-state index contributed by atoms with van der Waals surface area (Å²) in [6.07, 6.45) is 2.94. The highest BCUT2D eigenvalue weighted by atomic mass is 16.6. The summed E-state index contributed by atoms with van der Waals surface area (Å²) in [5.74, 6) is 0.681. The highest BCUT2D eigenvalue weighted by Crippen LogP contribution is 2.35. The van der Waals surface area contributed by atoms with E-state index in [0.717, 1.165) is 29.1 Å². The second-order valence-electron chi connectivity index (χ2n) is 10.7. The first-order chi connectivity index (χ1) is 16.9. The van der Waals surface area contributed by atoms with Crippen molar-refractivity contribution in [2.24, 2.45) is 5.41 Å². The molecule has 0 atom stereocenters. The predicted octanol–water partition coefficient (Wildman–Crippen LogP) is 6.76. The van der Waals surface area contributed by atoms with Crippen LogP contribution in [-0.2, 0) is 0 Å². The van der Waals surface area contributed by atoms with Gasteiger partial charge < -0.3 is 10.1 Å². The quantitative estimate of drug-likeness (QED) is 0.134. The van der Waals surface area contributed by atoms with Gasteiger partial charge in [-0.25, -0.2) is 9.78 Å².